The van der Waals surface area contributed by atoms with Crippen molar-refractivity contribution >= 4 is 17.4 Å². The van der Waals surface area contributed by atoms with E-state index in [1.807, 2.05) is 13.8 Å². The number of nitrogens with one attached hydrogen (secondary N) is 1. The van der Waals surface area contributed by atoms with Crippen LogP contribution in [0, 0.1) is 13.8 Å². The molecule has 0 aliphatic rings. The minimum atomic E-state index is 0.0139. The molecule has 0 aliphatic heterocycles. The Morgan fingerprint density at radius 2 is 1.95 bits per heavy atom. The maximum absolute atomic E-state index is 9.55. The number of nitrogen functional groups attached to an aromatic ring is 1. The molecule has 22 heavy (non-hydrogen) atoms. The lowest BCUT2D eigenvalue weighted by molar-refractivity contribution is 0.475. The van der Waals surface area contributed by atoms with Crippen LogP contribution in [0.4, 0.5) is 5.82 Å². The number of phenols is 1. The highest BCUT2D eigenvalue weighted by Gasteiger charge is 2.16. The predicted octanol–water partition coefficient (Wildman–Crippen LogP) is 3.09. The van der Waals surface area contributed by atoms with Gasteiger partial charge in [0.15, 0.2) is 5.82 Å². The molecule has 112 valence electrons. The van der Waals surface area contributed by atoms with Gasteiger partial charge in [0.1, 0.15) is 17.3 Å². The second-order valence-electron chi connectivity index (χ2n) is 4.95. The van der Waals surface area contributed by atoms with Gasteiger partial charge in [0.2, 0.25) is 0 Å². The van der Waals surface area contributed by atoms with Crippen LogP contribution in [0.15, 0.2) is 24.4 Å². The molecule has 2 aromatic heterocycles. The van der Waals surface area contributed by atoms with Gasteiger partial charge in [-0.1, -0.05) is 11.6 Å². The first-order chi connectivity index (χ1) is 10.5. The fourth-order valence-electron chi connectivity index (χ4n) is 2.09. The maximum atomic E-state index is 9.55. The molecule has 0 bridgehead atoms. The van der Waals surface area contributed by atoms with Crippen LogP contribution in [0.1, 0.15) is 11.4 Å². The van der Waals surface area contributed by atoms with E-state index < -0.39 is 0 Å². The van der Waals surface area contributed by atoms with Crippen LogP contribution in [0.2, 0.25) is 5.02 Å². The van der Waals surface area contributed by atoms with E-state index in [0.717, 1.165) is 17.0 Å². The summed E-state index contributed by atoms with van der Waals surface area (Å²) in [6.07, 6.45) is 1.47. The van der Waals surface area contributed by atoms with Gasteiger partial charge in [-0.3, -0.25) is 0 Å². The minimum Gasteiger partial charge on any atom is -0.506 e. The molecule has 0 saturated carbocycles. The average molecular weight is 316 g/mol. The van der Waals surface area contributed by atoms with Crippen molar-refractivity contribution in [1.29, 1.82) is 0 Å². The molecule has 0 unspecified atom stereocenters. The molecule has 1 aromatic carbocycles. The Morgan fingerprint density at radius 1 is 1.18 bits per heavy atom. The van der Waals surface area contributed by atoms with Crippen LogP contribution in [0.5, 0.6) is 5.75 Å². The van der Waals surface area contributed by atoms with E-state index in [1.165, 1.54) is 12.3 Å². The zero-order chi connectivity index (χ0) is 15.9. The average Bonchev–Trinajstić information content (AvgIpc) is 2.82. The van der Waals surface area contributed by atoms with Gasteiger partial charge in [0.05, 0.1) is 22.6 Å². The summed E-state index contributed by atoms with van der Waals surface area (Å²) >= 11 is 5.98. The standard InChI is InChI=1S/C15H14ClN5O/c1-7-8(2)20-15(19-7)14-13(18-6-12(17)21-14)9-3-4-11(22)10(16)5-9/h3-6,22H,1-2H3,(H2,17,21)(H,19,20). The van der Waals surface area contributed by atoms with E-state index in [4.69, 9.17) is 17.3 Å². The number of rotatable bonds is 2. The van der Waals surface area contributed by atoms with Crippen molar-refractivity contribution in [1.82, 2.24) is 19.9 Å². The normalized spacial score (nSPS) is 10.9. The summed E-state index contributed by atoms with van der Waals surface area (Å²) in [6, 6.07) is 4.86. The molecule has 6 nitrogen and oxygen atoms in total. The lowest BCUT2D eigenvalue weighted by atomic mass is 10.1. The Labute approximate surface area is 132 Å². The Balaban J connectivity index is 2.21. The fourth-order valence-corrected chi connectivity index (χ4v) is 2.27. The Kier molecular flexibility index (Phi) is 3.46. The van der Waals surface area contributed by atoms with E-state index >= 15 is 0 Å². The summed E-state index contributed by atoms with van der Waals surface area (Å²) in [5.74, 6) is 0.907. The number of nitrogens with two attached hydrogens (primary N) is 1. The summed E-state index contributed by atoms with van der Waals surface area (Å²) in [5, 5.41) is 9.80. The molecule has 3 rings (SSSR count). The topological polar surface area (TPSA) is 101 Å². The number of nitrogens with zero attached hydrogens (tertiary/aromatic N) is 3. The Bertz CT molecular complexity index is 840. The smallest absolute Gasteiger partial charge is 0.158 e. The van der Waals surface area contributed by atoms with Gasteiger partial charge in [-0.15, -0.1) is 0 Å². The third-order valence-electron chi connectivity index (χ3n) is 3.36. The van der Waals surface area contributed by atoms with E-state index in [2.05, 4.69) is 19.9 Å². The predicted molar refractivity (Wildman–Crippen MR) is 85.6 cm³/mol. The van der Waals surface area contributed by atoms with Gasteiger partial charge >= 0.3 is 0 Å². The second kappa shape index (κ2) is 5.31. The van der Waals surface area contributed by atoms with E-state index in [0.29, 0.717) is 23.0 Å². The summed E-state index contributed by atoms with van der Waals surface area (Å²) < 4.78 is 0. The van der Waals surface area contributed by atoms with Crippen LogP contribution in [0.3, 0.4) is 0 Å². The molecule has 7 heteroatoms. The van der Waals surface area contributed by atoms with Crippen LogP contribution in [0.25, 0.3) is 22.8 Å². The zero-order valence-corrected chi connectivity index (χ0v) is 12.8. The van der Waals surface area contributed by atoms with Crippen molar-refractivity contribution in [2.24, 2.45) is 0 Å². The number of aromatic hydroxyl groups is 1. The number of aromatic amines is 1. The van der Waals surface area contributed by atoms with Crippen molar-refractivity contribution in [3.05, 3.63) is 40.8 Å². The van der Waals surface area contributed by atoms with Crippen LogP contribution >= 0.6 is 11.6 Å². The van der Waals surface area contributed by atoms with Crippen LogP contribution in [-0.2, 0) is 0 Å². The first-order valence-corrected chi connectivity index (χ1v) is 6.98. The number of halogens is 1. The first kappa shape index (κ1) is 14.3. The number of anilines is 1. The fraction of sp³-hybridized carbons (Fsp3) is 0.133. The highest BCUT2D eigenvalue weighted by atomic mass is 35.5. The lowest BCUT2D eigenvalue weighted by Gasteiger charge is -2.08. The summed E-state index contributed by atoms with van der Waals surface area (Å²) in [6.45, 7) is 3.84. The number of aryl methyl sites for hydroxylation is 2. The van der Waals surface area contributed by atoms with Gasteiger partial charge < -0.3 is 15.8 Å². The van der Waals surface area contributed by atoms with E-state index in [1.54, 1.807) is 12.1 Å². The van der Waals surface area contributed by atoms with Gasteiger partial charge in [-0.25, -0.2) is 15.0 Å². The van der Waals surface area contributed by atoms with Gasteiger partial charge in [-0.05, 0) is 32.0 Å². The number of hydrogen-bond acceptors (Lipinski definition) is 5. The third-order valence-corrected chi connectivity index (χ3v) is 3.67. The third kappa shape index (κ3) is 2.48. The molecular weight excluding hydrogens is 302 g/mol. The van der Waals surface area contributed by atoms with Crippen LogP contribution < -0.4 is 5.73 Å². The summed E-state index contributed by atoms with van der Waals surface area (Å²) in [7, 11) is 0. The number of benzene rings is 1. The van der Waals surface area contributed by atoms with Gasteiger partial charge in [0, 0.05) is 11.3 Å². The number of aromatic nitrogens is 4. The van der Waals surface area contributed by atoms with Crippen molar-refractivity contribution < 1.29 is 5.11 Å². The monoisotopic (exact) mass is 315 g/mol. The molecule has 0 fully saturated rings. The Morgan fingerprint density at radius 3 is 2.59 bits per heavy atom. The number of hydrogen-bond donors (Lipinski definition) is 3. The number of imidazole rings is 1. The molecule has 0 atom stereocenters. The molecule has 0 saturated heterocycles. The van der Waals surface area contributed by atoms with Crippen molar-refractivity contribution in [3.63, 3.8) is 0 Å². The van der Waals surface area contributed by atoms with E-state index in [-0.39, 0.29) is 10.8 Å². The SMILES string of the molecule is Cc1nc(-c2nc(N)cnc2-c2ccc(O)c(Cl)c2)[nH]c1C. The molecule has 0 aliphatic carbocycles. The molecular formula is C15H14ClN5O. The molecule has 0 spiro atoms. The second-order valence-corrected chi connectivity index (χ2v) is 5.36. The van der Waals surface area contributed by atoms with E-state index in [9.17, 15) is 5.11 Å². The lowest BCUT2D eigenvalue weighted by Crippen LogP contribution is -1.99. The van der Waals surface area contributed by atoms with Crippen molar-refractivity contribution in [2.45, 2.75) is 13.8 Å². The molecule has 2 heterocycles. The molecule has 0 radical (unpaired) electrons. The summed E-state index contributed by atoms with van der Waals surface area (Å²) in [4.78, 5) is 16.3. The molecule has 4 N–H and O–H groups in total. The Hall–Kier alpha value is -2.60. The van der Waals surface area contributed by atoms with Crippen molar-refractivity contribution in [3.8, 4) is 28.5 Å². The maximum Gasteiger partial charge on any atom is 0.158 e. The minimum absolute atomic E-state index is 0.0139. The van der Waals surface area contributed by atoms with Crippen molar-refractivity contribution in [2.75, 3.05) is 5.73 Å². The number of phenolic OH excluding ortho intramolecular Hbond substituents is 1. The first-order valence-electron chi connectivity index (χ1n) is 6.60. The zero-order valence-electron chi connectivity index (χ0n) is 12.1. The quantitative estimate of drug-likeness (QED) is 0.674. The molecule has 0 amide bonds. The summed E-state index contributed by atoms with van der Waals surface area (Å²) in [5.41, 5.74) is 9.44. The molecule has 3 aromatic rings. The van der Waals surface area contributed by atoms with Gasteiger partial charge in [-0.2, -0.15) is 0 Å². The number of H-pyrrole nitrogens is 1. The highest BCUT2D eigenvalue weighted by molar-refractivity contribution is 6.32. The van der Waals surface area contributed by atoms with Crippen LogP contribution in [-0.4, -0.2) is 25.0 Å². The highest BCUT2D eigenvalue weighted by Crippen LogP contribution is 2.33. The largest absolute Gasteiger partial charge is 0.506 e. The van der Waals surface area contributed by atoms with Gasteiger partial charge in [0.25, 0.3) is 0 Å².